The van der Waals surface area contributed by atoms with Crippen LogP contribution in [0.2, 0.25) is 0 Å². The summed E-state index contributed by atoms with van der Waals surface area (Å²) in [7, 11) is 0. The minimum atomic E-state index is -0.290. The molecule has 1 N–H and O–H groups in total. The van der Waals surface area contributed by atoms with Gasteiger partial charge >= 0.3 is 5.63 Å². The first kappa shape index (κ1) is 15.3. The van der Waals surface area contributed by atoms with Crippen molar-refractivity contribution in [2.75, 3.05) is 19.7 Å². The standard InChI is InChI=1S/C18H23NO3/c1-12-6-16-15(8-18(21)22-17(16)7-13(12)2)10-19-5-3-4-14(9-19)11-20/h6-8,14,20H,3-5,9-11H2,1-2H3. The molecule has 0 spiro atoms. The van der Waals surface area contributed by atoms with Crippen LogP contribution in [0.4, 0.5) is 0 Å². The third kappa shape index (κ3) is 3.08. The van der Waals surface area contributed by atoms with E-state index in [1.807, 2.05) is 13.0 Å². The molecule has 1 saturated heterocycles. The average molecular weight is 301 g/mol. The Morgan fingerprint density at radius 3 is 2.82 bits per heavy atom. The molecule has 4 heteroatoms. The number of likely N-dealkylation sites (tertiary alicyclic amines) is 1. The topological polar surface area (TPSA) is 53.7 Å². The molecule has 2 aromatic rings. The molecule has 1 aliphatic rings. The molecule has 2 heterocycles. The van der Waals surface area contributed by atoms with Crippen LogP contribution in [-0.4, -0.2) is 29.7 Å². The first-order valence-electron chi connectivity index (χ1n) is 7.94. The molecule has 1 aromatic heterocycles. The van der Waals surface area contributed by atoms with E-state index in [2.05, 4.69) is 17.9 Å². The summed E-state index contributed by atoms with van der Waals surface area (Å²) in [4.78, 5) is 14.2. The van der Waals surface area contributed by atoms with Crippen molar-refractivity contribution < 1.29 is 9.52 Å². The lowest BCUT2D eigenvalue weighted by Crippen LogP contribution is -2.36. The zero-order valence-electron chi connectivity index (χ0n) is 13.3. The molecule has 0 radical (unpaired) electrons. The Hall–Kier alpha value is -1.65. The van der Waals surface area contributed by atoms with Crippen molar-refractivity contribution in [1.82, 2.24) is 4.90 Å². The quantitative estimate of drug-likeness (QED) is 0.886. The molecule has 1 unspecified atom stereocenters. The average Bonchev–Trinajstić information content (AvgIpc) is 2.49. The molecule has 1 atom stereocenters. The van der Waals surface area contributed by atoms with Crippen LogP contribution in [0.5, 0.6) is 0 Å². The highest BCUT2D eigenvalue weighted by Gasteiger charge is 2.20. The molecule has 118 valence electrons. The van der Waals surface area contributed by atoms with Crippen LogP contribution in [0, 0.1) is 19.8 Å². The Labute approximate surface area is 130 Å². The van der Waals surface area contributed by atoms with Gasteiger partial charge in [0.1, 0.15) is 5.58 Å². The van der Waals surface area contributed by atoms with Crippen molar-refractivity contribution in [2.24, 2.45) is 5.92 Å². The molecular formula is C18H23NO3. The Balaban J connectivity index is 1.96. The van der Waals surface area contributed by atoms with Gasteiger partial charge in [0.25, 0.3) is 0 Å². The van der Waals surface area contributed by atoms with Gasteiger partial charge in [-0.3, -0.25) is 4.90 Å². The second kappa shape index (κ2) is 6.23. The fourth-order valence-corrected chi connectivity index (χ4v) is 3.30. The highest BCUT2D eigenvalue weighted by Crippen LogP contribution is 2.24. The largest absolute Gasteiger partial charge is 0.423 e. The van der Waals surface area contributed by atoms with Crippen molar-refractivity contribution in [3.63, 3.8) is 0 Å². The number of rotatable bonds is 3. The lowest BCUT2D eigenvalue weighted by atomic mass is 9.97. The van der Waals surface area contributed by atoms with Crippen LogP contribution in [0.1, 0.15) is 29.5 Å². The smallest absolute Gasteiger partial charge is 0.336 e. The molecule has 3 rings (SSSR count). The predicted molar refractivity (Wildman–Crippen MR) is 87.0 cm³/mol. The van der Waals surface area contributed by atoms with Crippen molar-refractivity contribution in [3.8, 4) is 0 Å². The Kier molecular flexibility index (Phi) is 4.32. The minimum Gasteiger partial charge on any atom is -0.423 e. The van der Waals surface area contributed by atoms with Gasteiger partial charge < -0.3 is 9.52 Å². The maximum absolute atomic E-state index is 11.8. The summed E-state index contributed by atoms with van der Waals surface area (Å²) in [5.41, 5.74) is 3.73. The summed E-state index contributed by atoms with van der Waals surface area (Å²) in [6.07, 6.45) is 2.19. The number of aryl methyl sites for hydroxylation is 2. The molecule has 1 aromatic carbocycles. The summed E-state index contributed by atoms with van der Waals surface area (Å²) < 4.78 is 5.36. The van der Waals surface area contributed by atoms with E-state index in [-0.39, 0.29) is 12.2 Å². The zero-order valence-corrected chi connectivity index (χ0v) is 13.3. The fourth-order valence-electron chi connectivity index (χ4n) is 3.30. The van der Waals surface area contributed by atoms with Crippen LogP contribution in [0.15, 0.2) is 27.4 Å². The van der Waals surface area contributed by atoms with Crippen molar-refractivity contribution >= 4 is 11.0 Å². The maximum atomic E-state index is 11.8. The van der Waals surface area contributed by atoms with Crippen LogP contribution < -0.4 is 5.63 Å². The number of piperidine rings is 1. The van der Waals surface area contributed by atoms with Gasteiger partial charge in [-0.25, -0.2) is 4.79 Å². The summed E-state index contributed by atoms with van der Waals surface area (Å²) in [6, 6.07) is 5.67. The van der Waals surface area contributed by atoms with Crippen molar-refractivity contribution in [3.05, 3.63) is 45.3 Å². The molecule has 22 heavy (non-hydrogen) atoms. The first-order valence-corrected chi connectivity index (χ1v) is 7.94. The third-order valence-corrected chi connectivity index (χ3v) is 4.70. The number of hydrogen-bond acceptors (Lipinski definition) is 4. The van der Waals surface area contributed by atoms with Gasteiger partial charge in [-0.2, -0.15) is 0 Å². The van der Waals surface area contributed by atoms with Gasteiger partial charge in [-0.15, -0.1) is 0 Å². The molecule has 0 amide bonds. The van der Waals surface area contributed by atoms with E-state index >= 15 is 0 Å². The number of fused-ring (bicyclic) bond motifs is 1. The third-order valence-electron chi connectivity index (χ3n) is 4.70. The van der Waals surface area contributed by atoms with E-state index in [4.69, 9.17) is 4.42 Å². The lowest BCUT2D eigenvalue weighted by Gasteiger charge is -2.31. The SMILES string of the molecule is Cc1cc2oc(=O)cc(CN3CCCC(CO)C3)c2cc1C. The number of nitrogens with zero attached hydrogens (tertiary/aromatic N) is 1. The summed E-state index contributed by atoms with van der Waals surface area (Å²) in [5, 5.41) is 10.4. The second-order valence-corrected chi connectivity index (χ2v) is 6.45. The molecular weight excluding hydrogens is 278 g/mol. The molecule has 0 saturated carbocycles. The number of aliphatic hydroxyl groups excluding tert-OH is 1. The van der Waals surface area contributed by atoms with Crippen LogP contribution in [0.3, 0.4) is 0 Å². The monoisotopic (exact) mass is 301 g/mol. The van der Waals surface area contributed by atoms with Gasteiger partial charge in [0.2, 0.25) is 0 Å². The zero-order chi connectivity index (χ0) is 15.7. The van der Waals surface area contributed by atoms with E-state index < -0.39 is 0 Å². The van der Waals surface area contributed by atoms with E-state index in [0.717, 1.165) is 49.0 Å². The minimum absolute atomic E-state index is 0.243. The van der Waals surface area contributed by atoms with Gasteiger partial charge in [-0.05, 0) is 68.0 Å². The summed E-state index contributed by atoms with van der Waals surface area (Å²) in [5.74, 6) is 0.351. The summed E-state index contributed by atoms with van der Waals surface area (Å²) >= 11 is 0. The maximum Gasteiger partial charge on any atom is 0.336 e. The fraction of sp³-hybridized carbons (Fsp3) is 0.500. The van der Waals surface area contributed by atoms with E-state index in [1.165, 1.54) is 5.56 Å². The van der Waals surface area contributed by atoms with Gasteiger partial charge in [-0.1, -0.05) is 0 Å². The Morgan fingerprint density at radius 1 is 1.27 bits per heavy atom. The summed E-state index contributed by atoms with van der Waals surface area (Å²) in [6.45, 7) is 6.99. The van der Waals surface area contributed by atoms with Crippen LogP contribution in [0.25, 0.3) is 11.0 Å². The Morgan fingerprint density at radius 2 is 2.05 bits per heavy atom. The predicted octanol–water partition coefficient (Wildman–Crippen LogP) is 2.61. The Bertz CT molecular complexity index is 735. The van der Waals surface area contributed by atoms with E-state index in [1.54, 1.807) is 6.07 Å². The normalized spacial score (nSPS) is 19.7. The molecule has 4 nitrogen and oxygen atoms in total. The molecule has 1 aliphatic heterocycles. The molecule has 1 fully saturated rings. The number of aliphatic hydroxyl groups is 1. The van der Waals surface area contributed by atoms with Crippen LogP contribution >= 0.6 is 0 Å². The highest BCUT2D eigenvalue weighted by molar-refractivity contribution is 5.81. The van der Waals surface area contributed by atoms with Crippen molar-refractivity contribution in [2.45, 2.75) is 33.2 Å². The lowest BCUT2D eigenvalue weighted by molar-refractivity contribution is 0.116. The highest BCUT2D eigenvalue weighted by atomic mass is 16.4. The van der Waals surface area contributed by atoms with Crippen LogP contribution in [-0.2, 0) is 6.54 Å². The van der Waals surface area contributed by atoms with Crippen molar-refractivity contribution in [1.29, 1.82) is 0 Å². The number of hydrogen-bond donors (Lipinski definition) is 1. The molecule has 0 aliphatic carbocycles. The number of benzene rings is 1. The second-order valence-electron chi connectivity index (χ2n) is 6.45. The van der Waals surface area contributed by atoms with Gasteiger partial charge in [0, 0.05) is 31.1 Å². The van der Waals surface area contributed by atoms with Gasteiger partial charge in [0.05, 0.1) is 0 Å². The van der Waals surface area contributed by atoms with Gasteiger partial charge in [0.15, 0.2) is 0 Å². The molecule has 0 bridgehead atoms. The first-order chi connectivity index (χ1) is 10.6. The van der Waals surface area contributed by atoms with E-state index in [0.29, 0.717) is 11.5 Å². The van der Waals surface area contributed by atoms with E-state index in [9.17, 15) is 9.90 Å².